The van der Waals surface area contributed by atoms with E-state index in [0.29, 0.717) is 33.0 Å². The van der Waals surface area contributed by atoms with Crippen LogP contribution in [0.3, 0.4) is 0 Å². The molecule has 3 aromatic rings. The van der Waals surface area contributed by atoms with Gasteiger partial charge in [0.2, 0.25) is 5.91 Å². The fourth-order valence-corrected chi connectivity index (χ4v) is 3.86. The Morgan fingerprint density at radius 1 is 1.18 bits per heavy atom. The molecule has 8 N–H and O–H groups in total. The smallest absolute Gasteiger partial charge is 0.226 e. The number of benzene rings is 2. The number of nitrogens with one attached hydrogen (secondary N) is 2. The monoisotopic (exact) mass is 504 g/mol. The standard InChI is InChI=1S/C21H26N4O3S.CH4S.2H2O.3H2/c1-27-18-12-17-19(11-16(18)15-5-3-2-4-6-15)29-21(25-17)13-20(26)24-9-10-28-14-23-8-7-22;1-2;;;;;/h2-6,11-12,23H,7-10,13-14,22H2,1H3,(H,24,26);2H,1H3;2*1H2;3*1H. The van der Waals surface area contributed by atoms with Crippen LogP contribution in [0.15, 0.2) is 42.5 Å². The SMILES string of the molecule is COc1cc2nc(CC(=O)NCCOCNCCN)sc2cc1-c1ccccc1.CS.O.O.[HH].[HH].[HH]. The van der Waals surface area contributed by atoms with Gasteiger partial charge in [-0.2, -0.15) is 12.6 Å². The first-order valence-corrected chi connectivity index (χ1v) is 11.6. The summed E-state index contributed by atoms with van der Waals surface area (Å²) in [6.45, 7) is 2.61. The molecule has 190 valence electrons. The number of amides is 1. The molecule has 0 bridgehead atoms. The van der Waals surface area contributed by atoms with Gasteiger partial charge in [-0.25, -0.2) is 4.98 Å². The largest absolute Gasteiger partial charge is 0.496 e. The van der Waals surface area contributed by atoms with E-state index in [-0.39, 0.29) is 27.6 Å². The number of carbonyl (C=O) groups excluding carboxylic acids is 1. The lowest BCUT2D eigenvalue weighted by molar-refractivity contribution is -0.120. The van der Waals surface area contributed by atoms with E-state index in [1.165, 1.54) is 11.3 Å². The summed E-state index contributed by atoms with van der Waals surface area (Å²) in [5, 5.41) is 6.65. The maximum absolute atomic E-state index is 12.2. The second kappa shape index (κ2) is 17.3. The van der Waals surface area contributed by atoms with Gasteiger partial charge in [0.25, 0.3) is 0 Å². The molecular formula is C22H40N4O5S2. The molecule has 0 fully saturated rings. The highest BCUT2D eigenvalue weighted by molar-refractivity contribution is 7.79. The van der Waals surface area contributed by atoms with Gasteiger partial charge in [0, 0.05) is 35.5 Å². The van der Waals surface area contributed by atoms with Crippen molar-refractivity contribution in [2.75, 3.05) is 46.3 Å². The molecule has 0 atom stereocenters. The molecule has 0 spiro atoms. The topological polar surface area (TPSA) is 162 Å². The van der Waals surface area contributed by atoms with E-state index in [1.807, 2.05) is 36.4 Å². The number of hydrogen-bond acceptors (Lipinski definition) is 8. The lowest BCUT2D eigenvalue weighted by Crippen LogP contribution is -2.31. The Hall–Kier alpha value is -2.25. The predicted octanol–water partition coefficient (Wildman–Crippen LogP) is 1.79. The van der Waals surface area contributed by atoms with E-state index in [0.717, 1.165) is 32.1 Å². The summed E-state index contributed by atoms with van der Waals surface area (Å²) in [5.74, 6) is 0.697. The zero-order chi connectivity index (χ0) is 22.5. The van der Waals surface area contributed by atoms with E-state index in [9.17, 15) is 4.79 Å². The van der Waals surface area contributed by atoms with Crippen LogP contribution in [0, 0.1) is 0 Å². The van der Waals surface area contributed by atoms with Crippen LogP contribution in [0.1, 0.15) is 9.29 Å². The third-order valence-corrected chi connectivity index (χ3v) is 5.26. The first-order valence-electron chi connectivity index (χ1n) is 9.94. The molecule has 11 heteroatoms. The number of aromatic nitrogens is 1. The van der Waals surface area contributed by atoms with Gasteiger partial charge in [-0.05, 0) is 17.9 Å². The second-order valence-electron chi connectivity index (χ2n) is 6.36. The molecule has 2 aromatic carbocycles. The number of carbonyl (C=O) groups is 1. The Labute approximate surface area is 208 Å². The summed E-state index contributed by atoms with van der Waals surface area (Å²) >= 11 is 5.05. The molecule has 1 aromatic heterocycles. The first kappa shape index (κ1) is 30.8. The highest BCUT2D eigenvalue weighted by Crippen LogP contribution is 2.36. The van der Waals surface area contributed by atoms with Gasteiger partial charge in [0.15, 0.2) is 0 Å². The van der Waals surface area contributed by atoms with Gasteiger partial charge < -0.3 is 31.5 Å². The molecule has 0 saturated carbocycles. The summed E-state index contributed by atoms with van der Waals surface area (Å²) in [6, 6.07) is 14.1. The molecule has 0 aliphatic carbocycles. The lowest BCUT2D eigenvalue weighted by Gasteiger charge is -2.08. The first-order chi connectivity index (χ1) is 15.2. The molecule has 0 radical (unpaired) electrons. The Bertz CT molecular complexity index is 956. The minimum Gasteiger partial charge on any atom is -0.496 e. The van der Waals surface area contributed by atoms with Crippen molar-refractivity contribution in [3.63, 3.8) is 0 Å². The Morgan fingerprint density at radius 3 is 2.58 bits per heavy atom. The van der Waals surface area contributed by atoms with Crippen molar-refractivity contribution in [1.82, 2.24) is 15.6 Å². The maximum Gasteiger partial charge on any atom is 0.226 e. The van der Waals surface area contributed by atoms with Crippen LogP contribution in [-0.4, -0.2) is 68.2 Å². The summed E-state index contributed by atoms with van der Waals surface area (Å²) in [5.41, 5.74) is 8.31. The Kier molecular flexibility index (Phi) is 16.1. The Morgan fingerprint density at radius 2 is 1.91 bits per heavy atom. The van der Waals surface area contributed by atoms with E-state index in [4.69, 9.17) is 15.2 Å². The third-order valence-electron chi connectivity index (χ3n) is 4.24. The summed E-state index contributed by atoms with van der Waals surface area (Å²) in [6.07, 6.45) is 1.94. The molecule has 3 rings (SSSR count). The number of hydrogen-bond donors (Lipinski definition) is 4. The van der Waals surface area contributed by atoms with Crippen molar-refractivity contribution in [2.45, 2.75) is 6.42 Å². The fraction of sp³-hybridized carbons (Fsp3) is 0.364. The van der Waals surface area contributed by atoms with Crippen LogP contribution in [0.4, 0.5) is 0 Å². The average Bonchev–Trinajstić information content (AvgIpc) is 3.20. The van der Waals surface area contributed by atoms with Gasteiger partial charge >= 0.3 is 0 Å². The minimum absolute atomic E-state index is 0. The van der Waals surface area contributed by atoms with Crippen molar-refractivity contribution < 1.29 is 29.5 Å². The van der Waals surface area contributed by atoms with Gasteiger partial charge in [-0.15, -0.1) is 11.3 Å². The molecule has 1 amide bonds. The van der Waals surface area contributed by atoms with E-state index < -0.39 is 0 Å². The van der Waals surface area contributed by atoms with Crippen molar-refractivity contribution >= 4 is 40.1 Å². The summed E-state index contributed by atoms with van der Waals surface area (Å²) < 4.78 is 11.9. The second-order valence-corrected chi connectivity index (χ2v) is 7.48. The summed E-state index contributed by atoms with van der Waals surface area (Å²) in [7, 11) is 1.65. The molecular weight excluding hydrogens is 464 g/mol. The van der Waals surface area contributed by atoms with Gasteiger partial charge in [0.05, 0.1) is 37.1 Å². The Balaban J connectivity index is -0.000000713. The van der Waals surface area contributed by atoms with Crippen molar-refractivity contribution in [1.29, 1.82) is 0 Å². The molecule has 0 aliphatic heterocycles. The normalized spacial score (nSPS) is 9.82. The fourth-order valence-electron chi connectivity index (χ4n) is 2.87. The van der Waals surface area contributed by atoms with Crippen LogP contribution < -0.4 is 21.1 Å². The highest BCUT2D eigenvalue weighted by Gasteiger charge is 2.13. The van der Waals surface area contributed by atoms with Crippen molar-refractivity contribution in [3.8, 4) is 16.9 Å². The quantitative estimate of drug-likeness (QED) is 0.177. The molecule has 0 aliphatic rings. The molecule has 33 heavy (non-hydrogen) atoms. The zero-order valence-electron chi connectivity index (χ0n) is 18.9. The number of nitrogens with zero attached hydrogens (tertiary/aromatic N) is 1. The van der Waals surface area contributed by atoms with E-state index >= 15 is 0 Å². The van der Waals surface area contributed by atoms with Crippen LogP contribution in [0.5, 0.6) is 5.75 Å². The summed E-state index contributed by atoms with van der Waals surface area (Å²) in [4.78, 5) is 16.8. The van der Waals surface area contributed by atoms with Crippen LogP contribution in [0.2, 0.25) is 0 Å². The van der Waals surface area contributed by atoms with Gasteiger partial charge in [0.1, 0.15) is 10.8 Å². The maximum atomic E-state index is 12.2. The molecule has 0 saturated heterocycles. The minimum atomic E-state index is -0.0715. The average molecular weight is 505 g/mol. The number of thiol groups is 1. The van der Waals surface area contributed by atoms with E-state index in [2.05, 4.69) is 34.3 Å². The van der Waals surface area contributed by atoms with Crippen LogP contribution >= 0.6 is 24.0 Å². The lowest BCUT2D eigenvalue weighted by atomic mass is 10.0. The van der Waals surface area contributed by atoms with E-state index in [1.54, 1.807) is 13.4 Å². The predicted molar refractivity (Wildman–Crippen MR) is 145 cm³/mol. The van der Waals surface area contributed by atoms with Gasteiger partial charge in [-0.3, -0.25) is 10.1 Å². The molecule has 9 nitrogen and oxygen atoms in total. The molecule has 0 unspecified atom stereocenters. The number of nitrogens with two attached hydrogens (primary N) is 1. The van der Waals surface area contributed by atoms with Crippen molar-refractivity contribution in [2.24, 2.45) is 5.73 Å². The number of rotatable bonds is 11. The zero-order valence-corrected chi connectivity index (χ0v) is 20.6. The van der Waals surface area contributed by atoms with Crippen molar-refractivity contribution in [3.05, 3.63) is 47.5 Å². The van der Waals surface area contributed by atoms with Crippen LogP contribution in [-0.2, 0) is 16.0 Å². The number of fused-ring (bicyclic) bond motifs is 1. The third kappa shape index (κ3) is 9.64. The molecule has 1 heterocycles. The van der Waals surface area contributed by atoms with Crippen LogP contribution in [0.25, 0.3) is 21.3 Å². The number of thiazole rings is 1. The highest BCUT2D eigenvalue weighted by atomic mass is 32.1. The van der Waals surface area contributed by atoms with Gasteiger partial charge in [-0.1, -0.05) is 30.3 Å². The number of ether oxygens (including phenoxy) is 2. The number of methoxy groups -OCH3 is 1.